The topological polar surface area (TPSA) is 69.8 Å². The van der Waals surface area contributed by atoms with Gasteiger partial charge in [0.25, 0.3) is 5.91 Å². The van der Waals surface area contributed by atoms with Crippen LogP contribution in [0.25, 0.3) is 0 Å². The van der Waals surface area contributed by atoms with Gasteiger partial charge in [0.05, 0.1) is 12.9 Å². The fraction of sp³-hybridized carbons (Fsp3) is 0.200. The van der Waals surface area contributed by atoms with Crippen LogP contribution in [0, 0.1) is 0 Å². The fourth-order valence-electron chi connectivity index (χ4n) is 0.901. The van der Waals surface area contributed by atoms with Crippen molar-refractivity contribution in [1.29, 1.82) is 0 Å². The summed E-state index contributed by atoms with van der Waals surface area (Å²) in [6.45, 7) is 0.466. The normalized spacial score (nSPS) is 15.4. The quantitative estimate of drug-likeness (QED) is 0.453. The second-order valence-electron chi connectivity index (χ2n) is 2.02. The van der Waals surface area contributed by atoms with Gasteiger partial charge in [-0.05, 0) is 0 Å². The number of fused-ring (bicyclic) bond motifs is 1. The smallest absolute Gasteiger partial charge is 0.258 e. The highest BCUT2D eigenvalue weighted by Gasteiger charge is 2.16. The summed E-state index contributed by atoms with van der Waals surface area (Å²) in [5.74, 6) is 0.617. The Morgan fingerprint density at radius 3 is 3.20 bits per heavy atom. The van der Waals surface area contributed by atoms with E-state index in [9.17, 15) is 4.79 Å². The molecule has 3 N–H and O–H groups in total. The predicted octanol–water partition coefficient (Wildman–Crippen LogP) is -0.478. The molecule has 0 radical (unpaired) electrons. The van der Waals surface area contributed by atoms with Crippen LogP contribution in [-0.2, 0) is 0 Å². The van der Waals surface area contributed by atoms with Crippen molar-refractivity contribution >= 4 is 11.7 Å². The Hall–Kier alpha value is -1.52. The van der Waals surface area contributed by atoms with Crippen molar-refractivity contribution in [2.75, 3.05) is 12.0 Å². The largest absolute Gasteiger partial charge is 0.352 e. The number of nitrogens with one attached hydrogen (secondary N) is 3. The number of hydrogen-bond acceptors (Lipinski definition) is 3. The Bertz CT molecular complexity index is 266. The minimum atomic E-state index is -0.0810. The maximum absolute atomic E-state index is 10.9. The third-order valence-corrected chi connectivity index (χ3v) is 1.40. The van der Waals surface area contributed by atoms with Crippen LogP contribution in [0.2, 0.25) is 0 Å². The van der Waals surface area contributed by atoms with Crippen molar-refractivity contribution < 1.29 is 4.79 Å². The van der Waals surface area contributed by atoms with E-state index in [1.165, 1.54) is 6.20 Å². The van der Waals surface area contributed by atoms with Crippen molar-refractivity contribution in [2.45, 2.75) is 0 Å². The maximum atomic E-state index is 10.9. The zero-order chi connectivity index (χ0) is 6.97. The highest BCUT2D eigenvalue weighted by atomic mass is 16.2. The van der Waals surface area contributed by atoms with Crippen LogP contribution in [-0.4, -0.2) is 22.8 Å². The highest BCUT2D eigenvalue weighted by Crippen LogP contribution is 2.12. The van der Waals surface area contributed by atoms with Gasteiger partial charge >= 0.3 is 0 Å². The summed E-state index contributed by atoms with van der Waals surface area (Å²) in [5, 5.41) is 11.9. The molecule has 10 heavy (non-hydrogen) atoms. The maximum Gasteiger partial charge on any atom is 0.258 e. The lowest BCUT2D eigenvalue weighted by atomic mass is 10.3. The van der Waals surface area contributed by atoms with Crippen molar-refractivity contribution in [3.63, 3.8) is 0 Å². The second-order valence-corrected chi connectivity index (χ2v) is 2.02. The lowest BCUT2D eigenvalue weighted by Crippen LogP contribution is -2.34. The lowest BCUT2D eigenvalue weighted by molar-refractivity contribution is 0.0953. The first-order valence-electron chi connectivity index (χ1n) is 2.93. The van der Waals surface area contributed by atoms with Gasteiger partial charge in [-0.3, -0.25) is 9.89 Å². The minimum Gasteiger partial charge on any atom is -0.352 e. The molecule has 0 aromatic carbocycles. The van der Waals surface area contributed by atoms with E-state index in [0.29, 0.717) is 18.1 Å². The summed E-state index contributed by atoms with van der Waals surface area (Å²) in [6, 6.07) is 0. The molecule has 0 atom stereocenters. The molecule has 0 spiro atoms. The van der Waals surface area contributed by atoms with Crippen LogP contribution in [0.1, 0.15) is 10.4 Å². The summed E-state index contributed by atoms with van der Waals surface area (Å²) in [6.07, 6.45) is 1.50. The van der Waals surface area contributed by atoms with Gasteiger partial charge in [0.15, 0.2) is 0 Å². The molecule has 5 nitrogen and oxygen atoms in total. The monoisotopic (exact) mass is 138 g/mol. The summed E-state index contributed by atoms with van der Waals surface area (Å²) in [5.41, 5.74) is 0.575. The fourth-order valence-corrected chi connectivity index (χ4v) is 0.901. The number of aromatic amines is 1. The zero-order valence-corrected chi connectivity index (χ0v) is 5.14. The number of rotatable bonds is 0. The number of carbonyl (C=O) groups excluding carboxylic acids is 1. The van der Waals surface area contributed by atoms with E-state index in [0.717, 1.165) is 0 Å². The number of H-pyrrole nitrogens is 1. The molecule has 1 aromatic heterocycles. The number of amides is 1. The number of carbonyl (C=O) groups is 1. The summed E-state index contributed by atoms with van der Waals surface area (Å²) in [7, 11) is 0. The van der Waals surface area contributed by atoms with Crippen molar-refractivity contribution in [3.8, 4) is 0 Å². The first kappa shape index (κ1) is 5.28. The van der Waals surface area contributed by atoms with E-state index in [-0.39, 0.29) is 5.91 Å². The average Bonchev–Trinajstić information content (AvgIpc) is 2.36. The van der Waals surface area contributed by atoms with Gasteiger partial charge in [-0.15, -0.1) is 0 Å². The van der Waals surface area contributed by atoms with E-state index < -0.39 is 0 Å². The Kier molecular flexibility index (Phi) is 0.913. The molecule has 0 saturated heterocycles. The third-order valence-electron chi connectivity index (χ3n) is 1.40. The van der Waals surface area contributed by atoms with Gasteiger partial charge in [0.2, 0.25) is 0 Å². The molecule has 0 aliphatic carbocycles. The van der Waals surface area contributed by atoms with Gasteiger partial charge in [0.1, 0.15) is 11.4 Å². The minimum absolute atomic E-state index is 0.0810. The molecule has 2 heterocycles. The van der Waals surface area contributed by atoms with E-state index in [1.807, 2.05) is 0 Å². The molecule has 52 valence electrons. The van der Waals surface area contributed by atoms with Gasteiger partial charge in [-0.25, -0.2) is 0 Å². The highest BCUT2D eigenvalue weighted by molar-refractivity contribution is 5.99. The van der Waals surface area contributed by atoms with Crippen molar-refractivity contribution in [3.05, 3.63) is 11.8 Å². The van der Waals surface area contributed by atoms with E-state index >= 15 is 0 Å². The Morgan fingerprint density at radius 2 is 2.40 bits per heavy atom. The first-order valence-corrected chi connectivity index (χ1v) is 2.93. The van der Waals surface area contributed by atoms with Crippen LogP contribution < -0.4 is 10.6 Å². The van der Waals surface area contributed by atoms with Crippen LogP contribution in [0.3, 0.4) is 0 Å². The van der Waals surface area contributed by atoms with E-state index in [2.05, 4.69) is 20.8 Å². The predicted molar refractivity (Wildman–Crippen MR) is 34.5 cm³/mol. The van der Waals surface area contributed by atoms with Crippen LogP contribution >= 0.6 is 0 Å². The molecule has 1 amide bonds. The summed E-state index contributed by atoms with van der Waals surface area (Å²) < 4.78 is 0. The standard InChI is InChI=1S/C5H6N4O/c10-5-3-1-8-9-4(3)6-2-7-5/h1H,2H2,(H,7,10)(H2,6,8,9). The summed E-state index contributed by atoms with van der Waals surface area (Å²) >= 11 is 0. The SMILES string of the molecule is O=C1NCNc2[nH]ncc21. The first-order chi connectivity index (χ1) is 4.88. The average molecular weight is 138 g/mol. The molecule has 0 fully saturated rings. The molecule has 5 heteroatoms. The van der Waals surface area contributed by atoms with Crippen molar-refractivity contribution in [2.24, 2.45) is 0 Å². The number of hydrogen-bond donors (Lipinski definition) is 3. The molecule has 1 aliphatic rings. The van der Waals surface area contributed by atoms with Crippen LogP contribution in [0.5, 0.6) is 0 Å². The molecule has 0 saturated carbocycles. The zero-order valence-electron chi connectivity index (χ0n) is 5.14. The van der Waals surface area contributed by atoms with Gasteiger partial charge < -0.3 is 10.6 Å². The Morgan fingerprint density at radius 1 is 1.50 bits per heavy atom. The van der Waals surface area contributed by atoms with E-state index in [4.69, 9.17) is 0 Å². The summed E-state index contributed by atoms with van der Waals surface area (Å²) in [4.78, 5) is 10.9. The molecular weight excluding hydrogens is 132 g/mol. The van der Waals surface area contributed by atoms with Crippen molar-refractivity contribution in [1.82, 2.24) is 15.5 Å². The molecule has 0 unspecified atom stereocenters. The molecule has 0 bridgehead atoms. The molecule has 2 rings (SSSR count). The van der Waals surface area contributed by atoms with Gasteiger partial charge in [0, 0.05) is 0 Å². The number of nitrogens with zero attached hydrogens (tertiary/aromatic N) is 1. The Balaban J connectivity index is 2.50. The molecule has 1 aromatic rings. The number of anilines is 1. The second kappa shape index (κ2) is 1.73. The number of aromatic nitrogens is 2. The lowest BCUT2D eigenvalue weighted by Gasteiger charge is -2.12. The van der Waals surface area contributed by atoms with Crippen LogP contribution in [0.4, 0.5) is 5.82 Å². The van der Waals surface area contributed by atoms with Gasteiger partial charge in [-0.1, -0.05) is 0 Å². The van der Waals surface area contributed by atoms with Crippen LogP contribution in [0.15, 0.2) is 6.20 Å². The third kappa shape index (κ3) is 0.570. The molecule has 1 aliphatic heterocycles. The Labute approximate surface area is 56.8 Å². The molecular formula is C5H6N4O. The van der Waals surface area contributed by atoms with Gasteiger partial charge in [-0.2, -0.15) is 5.10 Å². The van der Waals surface area contributed by atoms with E-state index in [1.54, 1.807) is 0 Å².